The molecule has 0 saturated heterocycles. The van der Waals surface area contributed by atoms with E-state index in [0.717, 1.165) is 0 Å². The van der Waals surface area contributed by atoms with Crippen LogP contribution in [0, 0.1) is 0 Å². The molecule has 1 aromatic carbocycles. The van der Waals surface area contributed by atoms with Crippen LogP contribution in [0.15, 0.2) is 12.1 Å². The van der Waals surface area contributed by atoms with Gasteiger partial charge in [-0.05, 0) is 12.1 Å². The van der Waals surface area contributed by atoms with Crippen molar-refractivity contribution in [3.8, 4) is 5.75 Å². The van der Waals surface area contributed by atoms with Crippen molar-refractivity contribution in [2.45, 2.75) is 6.92 Å². The third-order valence-electron chi connectivity index (χ3n) is 1.46. The monoisotopic (exact) mass is 200 g/mol. The van der Waals surface area contributed by atoms with E-state index in [2.05, 4.69) is 5.32 Å². The summed E-state index contributed by atoms with van der Waals surface area (Å²) in [6, 6.07) is 2.96. The lowest BCUT2D eigenvalue weighted by molar-refractivity contribution is -0.114. The van der Waals surface area contributed by atoms with E-state index < -0.39 is 0 Å². The summed E-state index contributed by atoms with van der Waals surface area (Å²) in [6.45, 7) is 1.32. The number of nitrogens with one attached hydrogen (secondary N) is 1. The van der Waals surface area contributed by atoms with Crippen LogP contribution in [-0.2, 0) is 4.79 Å². The number of amides is 1. The number of hydrogen-bond donors (Lipinski definition) is 3. The molecule has 0 aliphatic heterocycles. The van der Waals surface area contributed by atoms with Crippen LogP contribution < -0.4 is 11.1 Å². The summed E-state index contributed by atoms with van der Waals surface area (Å²) in [7, 11) is 0. The average molecular weight is 201 g/mol. The number of phenolic OH excluding ortho intramolecular Hbond substituents is 1. The molecular weight excluding hydrogens is 192 g/mol. The number of carbonyl (C=O) groups excluding carboxylic acids is 1. The lowest BCUT2D eigenvalue weighted by Gasteiger charge is -2.08. The number of hydrogen-bond acceptors (Lipinski definition) is 3. The van der Waals surface area contributed by atoms with Gasteiger partial charge >= 0.3 is 0 Å². The van der Waals surface area contributed by atoms with E-state index in [1.54, 1.807) is 0 Å². The Morgan fingerprint density at radius 2 is 2.23 bits per heavy atom. The lowest BCUT2D eigenvalue weighted by atomic mass is 10.2. The van der Waals surface area contributed by atoms with Crippen molar-refractivity contribution >= 4 is 28.9 Å². The molecule has 0 bridgehead atoms. The summed E-state index contributed by atoms with van der Waals surface area (Å²) in [5.41, 5.74) is 5.73. The van der Waals surface area contributed by atoms with Gasteiger partial charge in [0.25, 0.3) is 0 Å². The molecule has 0 heterocycles. The molecule has 70 valence electrons. The standard InChI is InChI=1S/C8H9ClN2O2/c1-4(12)11-7-5(9)2-3-6(10)8(7)13/h2-3,13H,10H2,1H3,(H,11,12). The first-order valence-corrected chi connectivity index (χ1v) is 3.94. The topological polar surface area (TPSA) is 75.4 Å². The number of rotatable bonds is 1. The van der Waals surface area contributed by atoms with Gasteiger partial charge in [-0.15, -0.1) is 0 Å². The lowest BCUT2D eigenvalue weighted by Crippen LogP contribution is -2.07. The predicted molar refractivity (Wildman–Crippen MR) is 51.8 cm³/mol. The summed E-state index contributed by atoms with van der Waals surface area (Å²) >= 11 is 5.72. The number of carbonyl (C=O) groups is 1. The number of nitrogen functional groups attached to an aromatic ring is 1. The van der Waals surface area contributed by atoms with Gasteiger partial charge in [0, 0.05) is 6.92 Å². The van der Waals surface area contributed by atoms with E-state index in [0.29, 0.717) is 0 Å². The van der Waals surface area contributed by atoms with Crippen molar-refractivity contribution in [2.24, 2.45) is 0 Å². The largest absolute Gasteiger partial charge is 0.504 e. The first-order valence-electron chi connectivity index (χ1n) is 3.57. The number of anilines is 2. The second kappa shape index (κ2) is 3.53. The minimum Gasteiger partial charge on any atom is -0.504 e. The average Bonchev–Trinajstić information content (AvgIpc) is 2.05. The van der Waals surface area contributed by atoms with E-state index in [1.165, 1.54) is 19.1 Å². The van der Waals surface area contributed by atoms with Crippen LogP contribution in [-0.4, -0.2) is 11.0 Å². The highest BCUT2D eigenvalue weighted by Crippen LogP contribution is 2.36. The molecular formula is C8H9ClN2O2. The summed E-state index contributed by atoms with van der Waals surface area (Å²) in [6.07, 6.45) is 0. The van der Waals surface area contributed by atoms with Gasteiger partial charge in [0.1, 0.15) is 5.69 Å². The van der Waals surface area contributed by atoms with Crippen LogP contribution in [0.2, 0.25) is 5.02 Å². The Bertz CT molecular complexity index is 352. The van der Waals surface area contributed by atoms with Crippen LogP contribution in [0.3, 0.4) is 0 Å². The first kappa shape index (κ1) is 9.67. The van der Waals surface area contributed by atoms with Crippen molar-refractivity contribution in [3.63, 3.8) is 0 Å². The molecule has 13 heavy (non-hydrogen) atoms. The Hall–Kier alpha value is -1.42. The number of benzene rings is 1. The van der Waals surface area contributed by atoms with Crippen molar-refractivity contribution in [1.82, 2.24) is 0 Å². The van der Waals surface area contributed by atoms with Crippen LogP contribution in [0.1, 0.15) is 6.92 Å². The second-order valence-corrected chi connectivity index (χ2v) is 2.95. The summed E-state index contributed by atoms with van der Waals surface area (Å²) in [5.74, 6) is -0.523. The molecule has 4 N–H and O–H groups in total. The van der Waals surface area contributed by atoms with Gasteiger partial charge in [-0.25, -0.2) is 0 Å². The number of nitrogens with two attached hydrogens (primary N) is 1. The van der Waals surface area contributed by atoms with Crippen molar-refractivity contribution < 1.29 is 9.90 Å². The van der Waals surface area contributed by atoms with E-state index in [9.17, 15) is 9.90 Å². The van der Waals surface area contributed by atoms with E-state index in [1.807, 2.05) is 0 Å². The quantitative estimate of drug-likeness (QED) is 0.476. The summed E-state index contributed by atoms with van der Waals surface area (Å²) < 4.78 is 0. The fourth-order valence-electron chi connectivity index (χ4n) is 0.878. The van der Waals surface area contributed by atoms with Crippen molar-refractivity contribution in [2.75, 3.05) is 11.1 Å². The third kappa shape index (κ3) is 2.03. The van der Waals surface area contributed by atoms with Crippen molar-refractivity contribution in [1.29, 1.82) is 0 Å². The summed E-state index contributed by atoms with van der Waals surface area (Å²) in [4.78, 5) is 10.7. The highest BCUT2D eigenvalue weighted by atomic mass is 35.5. The van der Waals surface area contributed by atoms with Gasteiger partial charge < -0.3 is 16.2 Å². The van der Waals surface area contributed by atoms with Crippen molar-refractivity contribution in [3.05, 3.63) is 17.2 Å². The van der Waals surface area contributed by atoms with Gasteiger partial charge in [-0.1, -0.05) is 11.6 Å². The molecule has 0 radical (unpaired) electrons. The fourth-order valence-corrected chi connectivity index (χ4v) is 1.08. The van der Waals surface area contributed by atoms with Gasteiger partial charge in [0.2, 0.25) is 5.91 Å². The van der Waals surface area contributed by atoms with Gasteiger partial charge in [-0.2, -0.15) is 0 Å². The maximum absolute atomic E-state index is 10.7. The minimum absolute atomic E-state index is 0.147. The van der Waals surface area contributed by atoms with E-state index >= 15 is 0 Å². The van der Waals surface area contributed by atoms with Crippen LogP contribution in [0.5, 0.6) is 5.75 Å². The molecule has 1 amide bonds. The molecule has 0 fully saturated rings. The highest BCUT2D eigenvalue weighted by molar-refractivity contribution is 6.34. The third-order valence-corrected chi connectivity index (χ3v) is 1.77. The molecule has 5 heteroatoms. The Labute approximate surface area is 80.3 Å². The smallest absolute Gasteiger partial charge is 0.221 e. The Balaban J connectivity index is 3.17. The first-order chi connectivity index (χ1) is 6.02. The predicted octanol–water partition coefficient (Wildman–Crippen LogP) is 1.59. The zero-order chi connectivity index (χ0) is 10.0. The number of phenols is 1. The molecule has 4 nitrogen and oxygen atoms in total. The van der Waals surface area contributed by atoms with Crippen LogP contribution in [0.25, 0.3) is 0 Å². The Morgan fingerprint density at radius 3 is 2.77 bits per heavy atom. The summed E-state index contributed by atoms with van der Waals surface area (Å²) in [5, 5.41) is 12.0. The number of aromatic hydroxyl groups is 1. The van der Waals surface area contributed by atoms with Crippen LogP contribution >= 0.6 is 11.6 Å². The molecule has 0 unspecified atom stereocenters. The second-order valence-electron chi connectivity index (χ2n) is 2.54. The zero-order valence-corrected chi connectivity index (χ0v) is 7.72. The zero-order valence-electron chi connectivity index (χ0n) is 6.97. The maximum atomic E-state index is 10.7. The molecule has 0 saturated carbocycles. The molecule has 0 atom stereocenters. The number of halogens is 1. The van der Waals surface area contributed by atoms with Gasteiger partial charge in [0.05, 0.1) is 10.7 Å². The molecule has 0 aliphatic carbocycles. The Kier molecular flexibility index (Phi) is 2.63. The minimum atomic E-state index is -0.317. The maximum Gasteiger partial charge on any atom is 0.221 e. The molecule has 0 aromatic heterocycles. The molecule has 0 aliphatic rings. The van der Waals surface area contributed by atoms with Crippen LogP contribution in [0.4, 0.5) is 11.4 Å². The molecule has 1 aromatic rings. The van der Waals surface area contributed by atoms with Gasteiger partial charge in [-0.3, -0.25) is 4.79 Å². The fraction of sp³-hybridized carbons (Fsp3) is 0.125. The molecule has 0 spiro atoms. The highest BCUT2D eigenvalue weighted by Gasteiger charge is 2.10. The Morgan fingerprint density at radius 1 is 1.62 bits per heavy atom. The normalized spacial score (nSPS) is 9.69. The van der Waals surface area contributed by atoms with E-state index in [-0.39, 0.29) is 28.1 Å². The molecule has 1 rings (SSSR count). The van der Waals surface area contributed by atoms with E-state index in [4.69, 9.17) is 17.3 Å². The SMILES string of the molecule is CC(=O)Nc1c(Cl)ccc(N)c1O. The van der Waals surface area contributed by atoms with Gasteiger partial charge in [0.15, 0.2) is 5.75 Å².